The molecule has 3 fully saturated rings. The molecule has 9 nitrogen and oxygen atoms in total. The van der Waals surface area contributed by atoms with Gasteiger partial charge in [0.05, 0.1) is 38.4 Å². The fourth-order valence-corrected chi connectivity index (χ4v) is 5.06. The zero-order valence-electron chi connectivity index (χ0n) is 17.2. The highest BCUT2D eigenvalue weighted by Crippen LogP contribution is 2.32. The lowest BCUT2D eigenvalue weighted by atomic mass is 9.75. The molecule has 4 atom stereocenters. The number of carbonyl (C=O) groups excluding carboxylic acids is 1. The maximum atomic E-state index is 12.9. The summed E-state index contributed by atoms with van der Waals surface area (Å²) in [5, 5.41) is 11.5. The van der Waals surface area contributed by atoms with Crippen molar-refractivity contribution in [2.45, 2.75) is 38.6 Å². The molecule has 0 aliphatic carbocycles. The van der Waals surface area contributed by atoms with Gasteiger partial charge in [-0.05, 0) is 23.6 Å². The quantitative estimate of drug-likeness (QED) is 0.650. The van der Waals surface area contributed by atoms with Crippen molar-refractivity contribution in [2.75, 3.05) is 27.0 Å². The summed E-state index contributed by atoms with van der Waals surface area (Å²) in [6.07, 6.45) is 4.12. The molecule has 0 spiro atoms. The fourth-order valence-electron chi connectivity index (χ4n) is 5.06. The van der Waals surface area contributed by atoms with Gasteiger partial charge in [0.15, 0.2) is 11.5 Å². The minimum Gasteiger partial charge on any atom is -0.454 e. The van der Waals surface area contributed by atoms with Gasteiger partial charge in [-0.3, -0.25) is 4.79 Å². The minimum absolute atomic E-state index is 0.0822. The Bertz CT molecular complexity index is 917. The number of hydrogen-bond donors (Lipinski definition) is 2. The number of nitrogens with one attached hydrogen (secondary N) is 2. The molecule has 1 unspecified atom stereocenters. The Morgan fingerprint density at radius 2 is 2.27 bits per heavy atom. The minimum atomic E-state index is 0.0822. The van der Waals surface area contributed by atoms with Crippen molar-refractivity contribution in [3.05, 3.63) is 35.7 Å². The molecular weight excluding hydrogens is 386 g/mol. The van der Waals surface area contributed by atoms with Crippen molar-refractivity contribution in [1.82, 2.24) is 20.3 Å². The van der Waals surface area contributed by atoms with E-state index in [0.717, 1.165) is 55.2 Å². The van der Waals surface area contributed by atoms with E-state index in [0.29, 0.717) is 25.1 Å². The molecular formula is C21H28N5O4+. The van der Waals surface area contributed by atoms with E-state index in [1.54, 1.807) is 7.11 Å². The number of amides is 1. The molecule has 0 saturated carbocycles. The van der Waals surface area contributed by atoms with Gasteiger partial charge in [0.2, 0.25) is 12.7 Å². The number of fused-ring (bicyclic) bond motifs is 4. The van der Waals surface area contributed by atoms with Crippen molar-refractivity contribution in [3.8, 4) is 11.5 Å². The maximum Gasteiger partial charge on any atom is 0.231 e. The zero-order valence-corrected chi connectivity index (χ0v) is 17.2. The maximum absolute atomic E-state index is 12.9. The van der Waals surface area contributed by atoms with Crippen LogP contribution in [0.4, 0.5) is 0 Å². The molecule has 2 N–H and O–H groups in total. The van der Waals surface area contributed by atoms with E-state index in [2.05, 4.69) is 15.6 Å². The number of carbonyl (C=O) groups is 1. The van der Waals surface area contributed by atoms with Gasteiger partial charge in [0.1, 0.15) is 11.7 Å². The summed E-state index contributed by atoms with van der Waals surface area (Å²) < 4.78 is 17.8. The molecule has 1 aromatic carbocycles. The third-order valence-corrected chi connectivity index (χ3v) is 6.58. The van der Waals surface area contributed by atoms with Crippen LogP contribution in [0.3, 0.4) is 0 Å². The Morgan fingerprint density at radius 3 is 3.10 bits per heavy atom. The van der Waals surface area contributed by atoms with Crippen LogP contribution in [-0.4, -0.2) is 53.9 Å². The summed E-state index contributed by atoms with van der Waals surface area (Å²) in [5.41, 5.74) is 1.88. The first-order chi connectivity index (χ1) is 14.7. The summed E-state index contributed by atoms with van der Waals surface area (Å²) >= 11 is 0. The molecule has 3 saturated heterocycles. The number of benzene rings is 1. The van der Waals surface area contributed by atoms with Gasteiger partial charge in [0, 0.05) is 26.5 Å². The van der Waals surface area contributed by atoms with Crippen molar-refractivity contribution >= 4 is 5.91 Å². The van der Waals surface area contributed by atoms with Crippen LogP contribution in [0.15, 0.2) is 24.4 Å². The first-order valence-electron chi connectivity index (χ1n) is 10.6. The van der Waals surface area contributed by atoms with Crippen molar-refractivity contribution in [3.63, 3.8) is 0 Å². The number of piperidine rings is 3. The molecule has 9 heteroatoms. The van der Waals surface area contributed by atoms with E-state index in [1.807, 2.05) is 29.1 Å². The highest BCUT2D eigenvalue weighted by Gasteiger charge is 2.46. The van der Waals surface area contributed by atoms with Crippen LogP contribution in [-0.2, 0) is 29.2 Å². The summed E-state index contributed by atoms with van der Waals surface area (Å²) in [4.78, 5) is 14.4. The van der Waals surface area contributed by atoms with Crippen LogP contribution < -0.4 is 19.7 Å². The molecule has 0 radical (unpaired) electrons. The first-order valence-corrected chi connectivity index (χ1v) is 10.6. The standard InChI is InChI=1S/C21H27N5O4/c1-28-12-16-9-26(24-23-16)10-17-7-15-4-5-25(17)11-18(15)21(27)22-8-14-2-3-19-20(6-14)30-13-29-19/h2-3,6,9,15,17-18H,4-5,7-8,10-13H2,1H3,(H,22,27)/p+1/t15-,17+,18-/m0/s1. The van der Waals surface area contributed by atoms with Crippen molar-refractivity contribution in [2.24, 2.45) is 11.8 Å². The summed E-state index contributed by atoms with van der Waals surface area (Å²) in [6, 6.07) is 6.30. The molecule has 1 aromatic heterocycles. The topological polar surface area (TPSA) is 91.9 Å². The average Bonchev–Trinajstić information content (AvgIpc) is 3.41. The van der Waals surface area contributed by atoms with Gasteiger partial charge >= 0.3 is 0 Å². The van der Waals surface area contributed by atoms with Crippen LogP contribution in [0.5, 0.6) is 11.5 Å². The SMILES string of the molecule is COCc1cn(C[C@H]2C[C@@H]3CC[NH+]2C[C@@H]3C(=O)NCc2ccc3c(c2)OCO3)nn1. The van der Waals surface area contributed by atoms with E-state index in [-0.39, 0.29) is 18.6 Å². The lowest BCUT2D eigenvalue weighted by Crippen LogP contribution is -3.20. The highest BCUT2D eigenvalue weighted by atomic mass is 16.7. The predicted octanol–water partition coefficient (Wildman–Crippen LogP) is -0.237. The van der Waals surface area contributed by atoms with Gasteiger partial charge in [-0.25, -0.2) is 4.68 Å². The largest absolute Gasteiger partial charge is 0.454 e. The normalized spacial score (nSPS) is 26.7. The lowest BCUT2D eigenvalue weighted by molar-refractivity contribution is -0.945. The van der Waals surface area contributed by atoms with E-state index in [9.17, 15) is 4.79 Å². The molecule has 4 aliphatic rings. The monoisotopic (exact) mass is 414 g/mol. The van der Waals surface area contributed by atoms with Crippen LogP contribution >= 0.6 is 0 Å². The predicted molar refractivity (Wildman–Crippen MR) is 106 cm³/mol. The Balaban J connectivity index is 1.16. The van der Waals surface area contributed by atoms with Crippen LogP contribution in [0.2, 0.25) is 0 Å². The Labute approximate surface area is 175 Å². The van der Waals surface area contributed by atoms with Gasteiger partial charge in [0.25, 0.3) is 0 Å². The molecule has 160 valence electrons. The smallest absolute Gasteiger partial charge is 0.231 e. The second-order valence-corrected chi connectivity index (χ2v) is 8.47. The number of quaternary nitrogens is 1. The first kappa shape index (κ1) is 19.3. The summed E-state index contributed by atoms with van der Waals surface area (Å²) in [5.74, 6) is 2.19. The molecule has 2 aromatic rings. The highest BCUT2D eigenvalue weighted by molar-refractivity contribution is 5.79. The number of hydrogen-bond acceptors (Lipinski definition) is 6. The fraction of sp³-hybridized carbons (Fsp3) is 0.571. The second kappa shape index (κ2) is 8.23. The summed E-state index contributed by atoms with van der Waals surface area (Å²) in [7, 11) is 1.66. The van der Waals surface area contributed by atoms with Gasteiger partial charge in [-0.15, -0.1) is 5.10 Å². The summed E-state index contributed by atoms with van der Waals surface area (Å²) in [6.45, 7) is 4.11. The van der Waals surface area contributed by atoms with Gasteiger partial charge in [-0.1, -0.05) is 11.3 Å². The third-order valence-electron chi connectivity index (χ3n) is 6.58. The second-order valence-electron chi connectivity index (χ2n) is 8.47. The molecule has 2 bridgehead atoms. The number of aromatic nitrogens is 3. The van der Waals surface area contributed by atoms with E-state index < -0.39 is 0 Å². The zero-order chi connectivity index (χ0) is 20.5. The van der Waals surface area contributed by atoms with Gasteiger partial charge in [-0.2, -0.15) is 0 Å². The Hall–Kier alpha value is -2.65. The molecule has 4 aliphatic heterocycles. The molecule has 5 heterocycles. The number of methoxy groups -OCH3 is 1. The molecule has 1 amide bonds. The van der Waals surface area contributed by atoms with Crippen LogP contribution in [0, 0.1) is 11.8 Å². The van der Waals surface area contributed by atoms with E-state index in [1.165, 1.54) is 4.90 Å². The number of rotatable bonds is 7. The molecule has 30 heavy (non-hydrogen) atoms. The molecule has 6 rings (SSSR count). The Morgan fingerprint density at radius 1 is 1.37 bits per heavy atom. The average molecular weight is 414 g/mol. The number of ether oxygens (including phenoxy) is 3. The third kappa shape index (κ3) is 3.87. The van der Waals surface area contributed by atoms with Crippen molar-refractivity contribution in [1.29, 1.82) is 0 Å². The Kier molecular flexibility index (Phi) is 5.30. The van der Waals surface area contributed by atoms with Crippen molar-refractivity contribution < 1.29 is 23.9 Å². The number of nitrogens with zero attached hydrogens (tertiary/aromatic N) is 3. The van der Waals surface area contributed by atoms with Crippen LogP contribution in [0.1, 0.15) is 24.1 Å². The van der Waals surface area contributed by atoms with Crippen LogP contribution in [0.25, 0.3) is 0 Å². The van der Waals surface area contributed by atoms with E-state index in [4.69, 9.17) is 14.2 Å². The van der Waals surface area contributed by atoms with E-state index >= 15 is 0 Å². The lowest BCUT2D eigenvalue weighted by Gasteiger charge is -2.46. The van der Waals surface area contributed by atoms with Gasteiger partial charge < -0.3 is 24.4 Å².